The minimum Gasteiger partial charge on any atom is -0.368 e. The Bertz CT molecular complexity index is 302. The van der Waals surface area contributed by atoms with Crippen LogP contribution in [0.15, 0.2) is 0 Å². The fourth-order valence-electron chi connectivity index (χ4n) is 2.34. The summed E-state index contributed by atoms with van der Waals surface area (Å²) < 4.78 is 0. The molecule has 4 heteroatoms. The van der Waals surface area contributed by atoms with E-state index < -0.39 is 5.54 Å². The summed E-state index contributed by atoms with van der Waals surface area (Å²) in [4.78, 5) is 14.1. The SMILES string of the molecule is CC(C)CCN(C)C(C)CC(C)(NC1CC1)C(N)=O. The van der Waals surface area contributed by atoms with Crippen LogP contribution in [0.5, 0.6) is 0 Å². The van der Waals surface area contributed by atoms with Crippen LogP contribution in [0, 0.1) is 5.92 Å². The van der Waals surface area contributed by atoms with Gasteiger partial charge in [-0.1, -0.05) is 13.8 Å². The van der Waals surface area contributed by atoms with Crippen LogP contribution in [0.2, 0.25) is 0 Å². The molecule has 0 bridgehead atoms. The molecule has 1 amide bonds. The number of nitrogens with one attached hydrogen (secondary N) is 1. The second kappa shape index (κ2) is 6.71. The van der Waals surface area contributed by atoms with Crippen molar-refractivity contribution < 1.29 is 4.79 Å². The van der Waals surface area contributed by atoms with Gasteiger partial charge in [-0.25, -0.2) is 0 Å². The normalized spacial score (nSPS) is 20.6. The molecule has 0 spiro atoms. The lowest BCUT2D eigenvalue weighted by atomic mass is 9.91. The predicted molar refractivity (Wildman–Crippen MR) is 79.9 cm³/mol. The number of primary amides is 1. The zero-order valence-electron chi connectivity index (χ0n) is 13.2. The van der Waals surface area contributed by atoms with Gasteiger partial charge in [-0.15, -0.1) is 0 Å². The second-order valence-electron chi connectivity index (χ2n) is 6.83. The molecule has 0 aliphatic heterocycles. The van der Waals surface area contributed by atoms with Crippen molar-refractivity contribution in [3.8, 4) is 0 Å². The first-order valence-corrected chi connectivity index (χ1v) is 7.52. The van der Waals surface area contributed by atoms with Gasteiger partial charge >= 0.3 is 0 Å². The zero-order chi connectivity index (χ0) is 14.6. The van der Waals surface area contributed by atoms with Gasteiger partial charge in [0.15, 0.2) is 0 Å². The highest BCUT2D eigenvalue weighted by Crippen LogP contribution is 2.25. The lowest BCUT2D eigenvalue weighted by Gasteiger charge is -2.34. The fraction of sp³-hybridized carbons (Fsp3) is 0.933. The number of rotatable bonds is 9. The maximum absolute atomic E-state index is 11.7. The van der Waals surface area contributed by atoms with E-state index in [2.05, 4.69) is 38.0 Å². The number of hydrogen-bond acceptors (Lipinski definition) is 3. The number of amides is 1. The number of hydrogen-bond donors (Lipinski definition) is 2. The van der Waals surface area contributed by atoms with Gasteiger partial charge in [0.05, 0.1) is 5.54 Å². The van der Waals surface area contributed by atoms with E-state index in [-0.39, 0.29) is 5.91 Å². The van der Waals surface area contributed by atoms with E-state index in [9.17, 15) is 4.79 Å². The van der Waals surface area contributed by atoms with E-state index in [0.29, 0.717) is 18.0 Å². The molecular formula is C15H31N3O. The van der Waals surface area contributed by atoms with Crippen LogP contribution < -0.4 is 11.1 Å². The van der Waals surface area contributed by atoms with Crippen LogP contribution in [0.25, 0.3) is 0 Å². The van der Waals surface area contributed by atoms with E-state index in [0.717, 1.165) is 13.0 Å². The van der Waals surface area contributed by atoms with Crippen LogP contribution in [-0.4, -0.2) is 42.0 Å². The van der Waals surface area contributed by atoms with Crippen LogP contribution in [0.4, 0.5) is 0 Å². The average molecular weight is 269 g/mol. The Balaban J connectivity index is 2.49. The molecule has 3 N–H and O–H groups in total. The Morgan fingerprint density at radius 1 is 1.42 bits per heavy atom. The van der Waals surface area contributed by atoms with Gasteiger partial charge in [-0.3, -0.25) is 4.79 Å². The van der Waals surface area contributed by atoms with Gasteiger partial charge in [-0.05, 0) is 59.0 Å². The van der Waals surface area contributed by atoms with E-state index >= 15 is 0 Å². The summed E-state index contributed by atoms with van der Waals surface area (Å²) in [6.07, 6.45) is 4.29. The van der Waals surface area contributed by atoms with Crippen LogP contribution in [0.3, 0.4) is 0 Å². The number of nitrogens with two attached hydrogens (primary N) is 1. The van der Waals surface area contributed by atoms with Crippen molar-refractivity contribution >= 4 is 5.91 Å². The summed E-state index contributed by atoms with van der Waals surface area (Å²) in [5.41, 5.74) is 5.02. The largest absolute Gasteiger partial charge is 0.368 e. The van der Waals surface area contributed by atoms with Gasteiger partial charge in [0.2, 0.25) is 5.91 Å². The average Bonchev–Trinajstić information content (AvgIpc) is 3.08. The van der Waals surface area contributed by atoms with Crippen LogP contribution >= 0.6 is 0 Å². The Hall–Kier alpha value is -0.610. The summed E-state index contributed by atoms with van der Waals surface area (Å²) in [7, 11) is 2.13. The Morgan fingerprint density at radius 3 is 2.42 bits per heavy atom. The first-order valence-electron chi connectivity index (χ1n) is 7.52. The summed E-state index contributed by atoms with van der Waals surface area (Å²) >= 11 is 0. The van der Waals surface area contributed by atoms with Crippen molar-refractivity contribution in [3.05, 3.63) is 0 Å². The Morgan fingerprint density at radius 2 is 2.00 bits per heavy atom. The standard InChI is InChI=1S/C15H31N3O/c1-11(2)8-9-18(5)12(3)10-15(4,14(16)19)17-13-6-7-13/h11-13,17H,6-10H2,1-5H3,(H2,16,19). The third-order valence-corrected chi connectivity index (χ3v) is 4.16. The molecule has 1 aliphatic rings. The van der Waals surface area contributed by atoms with Crippen molar-refractivity contribution in [1.29, 1.82) is 0 Å². The van der Waals surface area contributed by atoms with Crippen LogP contribution in [0.1, 0.15) is 53.4 Å². The van der Waals surface area contributed by atoms with Gasteiger partial charge in [-0.2, -0.15) is 0 Å². The molecule has 0 radical (unpaired) electrons. The van der Waals surface area contributed by atoms with E-state index in [1.165, 1.54) is 19.3 Å². The van der Waals surface area contributed by atoms with Crippen molar-refractivity contribution in [2.45, 2.75) is 71.0 Å². The number of carbonyl (C=O) groups is 1. The molecule has 0 aromatic heterocycles. The lowest BCUT2D eigenvalue weighted by molar-refractivity contribution is -0.124. The highest BCUT2D eigenvalue weighted by molar-refractivity contribution is 5.84. The quantitative estimate of drug-likeness (QED) is 0.670. The minimum absolute atomic E-state index is 0.233. The van der Waals surface area contributed by atoms with Crippen molar-refractivity contribution in [2.75, 3.05) is 13.6 Å². The van der Waals surface area contributed by atoms with Crippen molar-refractivity contribution in [2.24, 2.45) is 11.7 Å². The maximum atomic E-state index is 11.7. The van der Waals surface area contributed by atoms with Crippen molar-refractivity contribution in [3.63, 3.8) is 0 Å². The van der Waals surface area contributed by atoms with Crippen molar-refractivity contribution in [1.82, 2.24) is 10.2 Å². The highest BCUT2D eigenvalue weighted by Gasteiger charge is 2.38. The van der Waals surface area contributed by atoms with Gasteiger partial charge in [0, 0.05) is 12.1 Å². The molecule has 2 atom stereocenters. The number of nitrogens with zero attached hydrogens (tertiary/aromatic N) is 1. The van der Waals surface area contributed by atoms with Gasteiger partial charge in [0.25, 0.3) is 0 Å². The molecule has 2 unspecified atom stereocenters. The summed E-state index contributed by atoms with van der Waals surface area (Å²) in [6.45, 7) is 9.66. The minimum atomic E-state index is -0.577. The Kier molecular flexibility index (Phi) is 5.81. The molecule has 4 nitrogen and oxygen atoms in total. The molecular weight excluding hydrogens is 238 g/mol. The predicted octanol–water partition coefficient (Wildman–Crippen LogP) is 1.74. The number of carbonyl (C=O) groups excluding carboxylic acids is 1. The molecule has 1 rings (SSSR count). The Labute approximate surface area is 118 Å². The fourth-order valence-corrected chi connectivity index (χ4v) is 2.34. The molecule has 1 aliphatic carbocycles. The molecule has 0 heterocycles. The van der Waals surface area contributed by atoms with E-state index in [4.69, 9.17) is 5.73 Å². The smallest absolute Gasteiger partial charge is 0.237 e. The lowest BCUT2D eigenvalue weighted by Crippen LogP contribution is -2.56. The maximum Gasteiger partial charge on any atom is 0.237 e. The van der Waals surface area contributed by atoms with Crippen LogP contribution in [-0.2, 0) is 4.79 Å². The highest BCUT2D eigenvalue weighted by atomic mass is 16.1. The molecule has 0 saturated heterocycles. The molecule has 0 aromatic rings. The molecule has 1 saturated carbocycles. The van der Waals surface area contributed by atoms with E-state index in [1.54, 1.807) is 0 Å². The van der Waals surface area contributed by atoms with Gasteiger partial charge in [0.1, 0.15) is 0 Å². The zero-order valence-corrected chi connectivity index (χ0v) is 13.2. The summed E-state index contributed by atoms with van der Waals surface area (Å²) in [6, 6.07) is 0.841. The summed E-state index contributed by atoms with van der Waals surface area (Å²) in [5.74, 6) is 0.477. The van der Waals surface area contributed by atoms with E-state index in [1.807, 2.05) is 6.92 Å². The second-order valence-corrected chi connectivity index (χ2v) is 6.83. The first-order chi connectivity index (χ1) is 8.74. The molecule has 19 heavy (non-hydrogen) atoms. The molecule has 1 fully saturated rings. The molecule has 0 aromatic carbocycles. The molecule has 112 valence electrons. The van der Waals surface area contributed by atoms with Gasteiger partial charge < -0.3 is 16.0 Å². The monoisotopic (exact) mass is 269 g/mol. The summed E-state index contributed by atoms with van der Waals surface area (Å²) in [5, 5.41) is 3.42. The third-order valence-electron chi connectivity index (χ3n) is 4.16. The topological polar surface area (TPSA) is 58.4 Å². The third kappa shape index (κ3) is 5.49. The first kappa shape index (κ1) is 16.4.